The Labute approximate surface area is 127 Å². The number of hydrogen-bond donors (Lipinski definition) is 2. The van der Waals surface area contributed by atoms with Crippen molar-refractivity contribution in [3.8, 4) is 0 Å². The first-order valence-electron chi connectivity index (χ1n) is 5.82. The molecule has 0 radical (unpaired) electrons. The molecule has 0 spiro atoms. The lowest BCUT2D eigenvalue weighted by molar-refractivity contribution is -0.125. The van der Waals surface area contributed by atoms with Gasteiger partial charge in [-0.1, -0.05) is 20.8 Å². The number of hydrogen-bond acceptors (Lipinski definition) is 3. The van der Waals surface area contributed by atoms with E-state index in [1.54, 1.807) is 12.5 Å². The van der Waals surface area contributed by atoms with Gasteiger partial charge >= 0.3 is 0 Å². The Morgan fingerprint density at radius 3 is 2.42 bits per heavy atom. The van der Waals surface area contributed by atoms with Crippen LogP contribution in [0.5, 0.6) is 0 Å². The average molecular weight is 311 g/mol. The van der Waals surface area contributed by atoms with E-state index in [4.69, 9.17) is 5.73 Å². The molecule has 1 amide bonds. The van der Waals surface area contributed by atoms with Gasteiger partial charge in [0.2, 0.25) is 5.91 Å². The third-order valence-electron chi connectivity index (χ3n) is 2.65. The van der Waals surface area contributed by atoms with Crippen LogP contribution in [0.2, 0.25) is 0 Å². The van der Waals surface area contributed by atoms with Crippen LogP contribution in [0.15, 0.2) is 18.7 Å². The third kappa shape index (κ3) is 6.80. The second-order valence-electron chi connectivity index (χ2n) is 5.51. The quantitative estimate of drug-likeness (QED) is 0.887. The van der Waals surface area contributed by atoms with E-state index < -0.39 is 6.04 Å². The Morgan fingerprint density at radius 1 is 1.42 bits per heavy atom. The molecule has 1 rings (SSSR count). The Kier molecular flexibility index (Phi) is 9.08. The van der Waals surface area contributed by atoms with Gasteiger partial charge in [0.1, 0.15) is 0 Å². The Balaban J connectivity index is 0. The smallest absolute Gasteiger partial charge is 0.237 e. The van der Waals surface area contributed by atoms with Crippen molar-refractivity contribution in [1.82, 2.24) is 14.9 Å². The Bertz CT molecular complexity index is 362. The summed E-state index contributed by atoms with van der Waals surface area (Å²) in [6, 6.07) is -0.460. The van der Waals surface area contributed by atoms with Gasteiger partial charge in [-0.05, 0) is 12.3 Å². The molecule has 0 aliphatic carbocycles. The number of nitrogens with two attached hydrogens (primary N) is 1. The topological polar surface area (TPSA) is 72.9 Å². The third-order valence-corrected chi connectivity index (χ3v) is 2.65. The van der Waals surface area contributed by atoms with Gasteiger partial charge in [-0.25, -0.2) is 4.98 Å². The molecule has 1 heterocycles. The highest BCUT2D eigenvalue weighted by atomic mass is 35.5. The summed E-state index contributed by atoms with van der Waals surface area (Å²) in [4.78, 5) is 15.8. The molecular weight excluding hydrogens is 287 g/mol. The minimum atomic E-state index is -0.493. The lowest BCUT2D eigenvalue weighted by atomic mass is 9.87. The van der Waals surface area contributed by atoms with E-state index in [1.165, 1.54) is 0 Å². The van der Waals surface area contributed by atoms with Crippen molar-refractivity contribution in [1.29, 1.82) is 0 Å². The molecule has 0 aromatic carbocycles. The number of nitrogens with one attached hydrogen (secondary N) is 1. The van der Waals surface area contributed by atoms with E-state index in [0.29, 0.717) is 6.54 Å². The summed E-state index contributed by atoms with van der Waals surface area (Å²) in [6.07, 6.45) is 5.31. The first-order chi connectivity index (χ1) is 7.80. The van der Waals surface area contributed by atoms with E-state index in [1.807, 2.05) is 38.5 Å². The molecule has 1 unspecified atom stereocenters. The van der Waals surface area contributed by atoms with Crippen LogP contribution in [0.1, 0.15) is 27.7 Å². The molecule has 0 fully saturated rings. The highest BCUT2D eigenvalue weighted by Gasteiger charge is 2.27. The van der Waals surface area contributed by atoms with Gasteiger partial charge in [-0.15, -0.1) is 24.8 Å². The van der Waals surface area contributed by atoms with Gasteiger partial charge in [-0.3, -0.25) is 4.79 Å². The van der Waals surface area contributed by atoms with Gasteiger partial charge in [0.05, 0.1) is 12.4 Å². The lowest BCUT2D eigenvalue weighted by Gasteiger charge is -2.27. The van der Waals surface area contributed by atoms with Gasteiger partial charge < -0.3 is 15.6 Å². The van der Waals surface area contributed by atoms with Gasteiger partial charge in [0, 0.05) is 25.0 Å². The highest BCUT2D eigenvalue weighted by molar-refractivity contribution is 5.85. The maximum absolute atomic E-state index is 11.9. The fraction of sp³-hybridized carbons (Fsp3) is 0.667. The molecule has 1 aromatic heterocycles. The van der Waals surface area contributed by atoms with E-state index in [9.17, 15) is 4.79 Å². The van der Waals surface area contributed by atoms with Crippen LogP contribution < -0.4 is 11.1 Å². The standard InChI is InChI=1S/C12H22N4O.2ClH/c1-9(7-16-6-5-14-8-16)15-11(17)10(13)12(2,3)4;;/h5-6,8-10H,7,13H2,1-4H3,(H,15,17);2*1H/t9?,10-;;/m1../s1. The van der Waals surface area contributed by atoms with Crippen molar-refractivity contribution in [2.75, 3.05) is 0 Å². The number of aromatic nitrogens is 2. The minimum absolute atomic E-state index is 0. The zero-order valence-electron chi connectivity index (χ0n) is 11.8. The first-order valence-corrected chi connectivity index (χ1v) is 5.82. The number of halogens is 2. The van der Waals surface area contributed by atoms with Crippen LogP contribution in [0.25, 0.3) is 0 Å². The van der Waals surface area contributed by atoms with E-state index in [-0.39, 0.29) is 42.2 Å². The predicted molar refractivity (Wildman–Crippen MR) is 81.8 cm³/mol. The molecular formula is C12H24Cl2N4O. The molecule has 3 N–H and O–H groups in total. The summed E-state index contributed by atoms with van der Waals surface area (Å²) < 4.78 is 1.92. The Morgan fingerprint density at radius 2 is 2.00 bits per heavy atom. The molecule has 5 nitrogen and oxygen atoms in total. The zero-order valence-corrected chi connectivity index (χ0v) is 13.4. The van der Waals surface area contributed by atoms with Crippen molar-refractivity contribution >= 4 is 30.7 Å². The SMILES string of the molecule is CC(Cn1ccnc1)NC(=O)[C@@H](N)C(C)(C)C.Cl.Cl. The van der Waals surface area contributed by atoms with Gasteiger partial charge in [0.25, 0.3) is 0 Å². The second-order valence-corrected chi connectivity index (χ2v) is 5.51. The number of rotatable bonds is 4. The molecule has 0 saturated carbocycles. The highest BCUT2D eigenvalue weighted by Crippen LogP contribution is 2.17. The summed E-state index contributed by atoms with van der Waals surface area (Å²) in [5.74, 6) is -0.106. The lowest BCUT2D eigenvalue weighted by Crippen LogP contribution is -2.51. The molecule has 2 atom stereocenters. The summed E-state index contributed by atoms with van der Waals surface area (Å²) in [5.41, 5.74) is 5.66. The van der Waals surface area contributed by atoms with E-state index in [2.05, 4.69) is 10.3 Å². The summed E-state index contributed by atoms with van der Waals surface area (Å²) in [6.45, 7) is 8.52. The largest absolute Gasteiger partial charge is 0.350 e. The van der Waals surface area contributed by atoms with Gasteiger partial charge in [-0.2, -0.15) is 0 Å². The van der Waals surface area contributed by atoms with Crippen LogP contribution in [0, 0.1) is 5.41 Å². The maximum Gasteiger partial charge on any atom is 0.237 e. The molecule has 0 saturated heterocycles. The molecule has 7 heteroatoms. The molecule has 1 aromatic rings. The molecule has 0 bridgehead atoms. The number of carbonyl (C=O) groups excluding carboxylic acids is 1. The molecule has 0 aliphatic heterocycles. The van der Waals surface area contributed by atoms with Crippen molar-refractivity contribution in [3.05, 3.63) is 18.7 Å². The van der Waals surface area contributed by atoms with Crippen LogP contribution in [-0.2, 0) is 11.3 Å². The fourth-order valence-corrected chi connectivity index (χ4v) is 1.48. The fourth-order valence-electron chi connectivity index (χ4n) is 1.48. The molecule has 19 heavy (non-hydrogen) atoms. The summed E-state index contributed by atoms with van der Waals surface area (Å²) in [7, 11) is 0. The molecule has 112 valence electrons. The minimum Gasteiger partial charge on any atom is -0.350 e. The van der Waals surface area contributed by atoms with Gasteiger partial charge in [0.15, 0.2) is 0 Å². The van der Waals surface area contributed by atoms with Crippen LogP contribution in [0.3, 0.4) is 0 Å². The Hall–Kier alpha value is -0.780. The number of nitrogens with zero attached hydrogens (tertiary/aromatic N) is 2. The number of amides is 1. The van der Waals surface area contributed by atoms with Crippen molar-refractivity contribution in [3.63, 3.8) is 0 Å². The van der Waals surface area contributed by atoms with Crippen LogP contribution in [0.4, 0.5) is 0 Å². The zero-order chi connectivity index (χ0) is 13.1. The van der Waals surface area contributed by atoms with E-state index >= 15 is 0 Å². The monoisotopic (exact) mass is 310 g/mol. The predicted octanol–water partition coefficient (Wildman–Crippen LogP) is 1.60. The maximum atomic E-state index is 11.9. The average Bonchev–Trinajstić information content (AvgIpc) is 2.67. The van der Waals surface area contributed by atoms with Crippen molar-refractivity contribution < 1.29 is 4.79 Å². The summed E-state index contributed by atoms with van der Waals surface area (Å²) in [5, 5.41) is 2.91. The van der Waals surface area contributed by atoms with Crippen molar-refractivity contribution in [2.24, 2.45) is 11.1 Å². The van der Waals surface area contributed by atoms with Crippen LogP contribution in [-0.4, -0.2) is 27.5 Å². The second kappa shape index (κ2) is 8.40. The molecule has 0 aliphatic rings. The first kappa shape index (κ1) is 20.5. The van der Waals surface area contributed by atoms with E-state index in [0.717, 1.165) is 0 Å². The summed E-state index contributed by atoms with van der Waals surface area (Å²) >= 11 is 0. The normalized spacial score (nSPS) is 13.7. The number of carbonyl (C=O) groups is 1. The van der Waals surface area contributed by atoms with Crippen LogP contribution >= 0.6 is 24.8 Å². The van der Waals surface area contributed by atoms with Crippen molar-refractivity contribution in [2.45, 2.75) is 46.3 Å². The number of imidazole rings is 1.